The number of nitrogens with one attached hydrogen (secondary N) is 1. The summed E-state index contributed by atoms with van der Waals surface area (Å²) in [5.41, 5.74) is 0.978. The molecule has 1 aromatic heterocycles. The molecule has 4 heteroatoms. The van der Waals surface area contributed by atoms with E-state index in [0.717, 1.165) is 30.0 Å². The van der Waals surface area contributed by atoms with Crippen molar-refractivity contribution in [2.75, 3.05) is 5.32 Å². The van der Waals surface area contributed by atoms with Crippen molar-refractivity contribution in [2.24, 2.45) is 0 Å². The Labute approximate surface area is 121 Å². The molecule has 1 aromatic rings. The minimum atomic E-state index is 0.543. The molecule has 1 heterocycles. The van der Waals surface area contributed by atoms with E-state index in [-0.39, 0.29) is 0 Å². The molecule has 2 rings (SSSR count). The number of nitrogens with zero attached hydrogens (tertiary/aromatic N) is 2. The van der Waals surface area contributed by atoms with Gasteiger partial charge >= 0.3 is 0 Å². The maximum Gasteiger partial charge on any atom is 0.137 e. The number of anilines is 1. The highest BCUT2D eigenvalue weighted by atomic mass is 35.5. The van der Waals surface area contributed by atoms with E-state index >= 15 is 0 Å². The third kappa shape index (κ3) is 4.07. The molecule has 0 aliphatic heterocycles. The fraction of sp³-hybridized carbons (Fsp3) is 0.733. The highest BCUT2D eigenvalue weighted by Gasteiger charge is 2.15. The molecule has 106 valence electrons. The first-order chi connectivity index (χ1) is 9.20. The predicted octanol–water partition coefficient (Wildman–Crippen LogP) is 4.53. The molecule has 0 spiro atoms. The lowest BCUT2D eigenvalue weighted by Gasteiger charge is -2.19. The molecule has 0 radical (unpaired) electrons. The number of rotatable bonds is 4. The van der Waals surface area contributed by atoms with Crippen molar-refractivity contribution in [1.82, 2.24) is 9.97 Å². The molecule has 0 amide bonds. The third-order valence-corrected chi connectivity index (χ3v) is 4.17. The summed E-state index contributed by atoms with van der Waals surface area (Å²) in [6, 6.07) is 0.543. The van der Waals surface area contributed by atoms with Gasteiger partial charge in [-0.25, -0.2) is 9.97 Å². The average molecular weight is 282 g/mol. The van der Waals surface area contributed by atoms with Gasteiger partial charge in [0.2, 0.25) is 0 Å². The Bertz CT molecular complexity index is 412. The van der Waals surface area contributed by atoms with Gasteiger partial charge in [0, 0.05) is 18.0 Å². The molecule has 0 atom stereocenters. The maximum atomic E-state index is 6.21. The first-order valence-electron chi connectivity index (χ1n) is 7.50. The van der Waals surface area contributed by atoms with Crippen molar-refractivity contribution in [1.29, 1.82) is 0 Å². The van der Waals surface area contributed by atoms with Crippen LogP contribution >= 0.6 is 11.6 Å². The standard InChI is InChI=1S/C15H24ClN3/c1-3-8-13-18-14(16)11(2)15(19-13)17-12-9-6-4-5-7-10-12/h12H,3-10H2,1-2H3,(H,17,18,19). The first kappa shape index (κ1) is 14.6. The van der Waals surface area contributed by atoms with Crippen LogP contribution < -0.4 is 5.32 Å². The fourth-order valence-corrected chi connectivity index (χ4v) is 2.81. The van der Waals surface area contributed by atoms with E-state index in [1.807, 2.05) is 6.92 Å². The topological polar surface area (TPSA) is 37.8 Å². The number of aryl methyl sites for hydroxylation is 1. The molecule has 1 fully saturated rings. The normalized spacial score (nSPS) is 17.2. The molecule has 0 bridgehead atoms. The van der Waals surface area contributed by atoms with Crippen LogP contribution in [-0.4, -0.2) is 16.0 Å². The Balaban J connectivity index is 2.13. The molecular weight excluding hydrogens is 258 g/mol. The van der Waals surface area contributed by atoms with Crippen LogP contribution in [0.25, 0.3) is 0 Å². The van der Waals surface area contributed by atoms with E-state index in [0.29, 0.717) is 11.2 Å². The van der Waals surface area contributed by atoms with Gasteiger partial charge in [0.25, 0.3) is 0 Å². The number of aromatic nitrogens is 2. The molecule has 1 aliphatic rings. The summed E-state index contributed by atoms with van der Waals surface area (Å²) in [7, 11) is 0. The highest BCUT2D eigenvalue weighted by molar-refractivity contribution is 6.30. The van der Waals surface area contributed by atoms with Gasteiger partial charge in [-0.1, -0.05) is 44.2 Å². The quantitative estimate of drug-likeness (QED) is 0.651. The van der Waals surface area contributed by atoms with E-state index in [1.165, 1.54) is 38.5 Å². The summed E-state index contributed by atoms with van der Waals surface area (Å²) in [6.07, 6.45) is 9.77. The SMILES string of the molecule is CCCc1nc(Cl)c(C)c(NC2CCCCCC2)n1. The zero-order chi connectivity index (χ0) is 13.7. The average Bonchev–Trinajstić information content (AvgIpc) is 2.64. The molecular formula is C15H24ClN3. The van der Waals surface area contributed by atoms with Crippen molar-refractivity contribution >= 4 is 17.4 Å². The molecule has 1 aliphatic carbocycles. The van der Waals surface area contributed by atoms with Crippen molar-refractivity contribution in [3.05, 3.63) is 16.5 Å². The third-order valence-electron chi connectivity index (χ3n) is 3.80. The van der Waals surface area contributed by atoms with Crippen LogP contribution in [-0.2, 0) is 6.42 Å². The number of halogens is 1. The monoisotopic (exact) mass is 281 g/mol. The zero-order valence-corrected chi connectivity index (χ0v) is 12.8. The van der Waals surface area contributed by atoms with Crippen molar-refractivity contribution in [2.45, 2.75) is 71.3 Å². The second kappa shape index (κ2) is 7.09. The Hall–Kier alpha value is -0.830. The van der Waals surface area contributed by atoms with Gasteiger partial charge < -0.3 is 5.32 Å². The van der Waals surface area contributed by atoms with Gasteiger partial charge in [0.15, 0.2) is 0 Å². The van der Waals surface area contributed by atoms with E-state index in [9.17, 15) is 0 Å². The summed E-state index contributed by atoms with van der Waals surface area (Å²) < 4.78 is 0. The van der Waals surface area contributed by atoms with E-state index in [4.69, 9.17) is 11.6 Å². The lowest BCUT2D eigenvalue weighted by atomic mass is 10.1. The van der Waals surface area contributed by atoms with Crippen LogP contribution in [0.2, 0.25) is 5.15 Å². The van der Waals surface area contributed by atoms with E-state index in [2.05, 4.69) is 22.2 Å². The van der Waals surface area contributed by atoms with Crippen molar-refractivity contribution < 1.29 is 0 Å². The summed E-state index contributed by atoms with van der Waals surface area (Å²) in [5, 5.41) is 4.19. The second-order valence-electron chi connectivity index (χ2n) is 5.49. The molecule has 19 heavy (non-hydrogen) atoms. The maximum absolute atomic E-state index is 6.21. The van der Waals surface area contributed by atoms with Crippen LogP contribution in [0, 0.1) is 6.92 Å². The largest absolute Gasteiger partial charge is 0.367 e. The second-order valence-corrected chi connectivity index (χ2v) is 5.85. The van der Waals surface area contributed by atoms with Gasteiger partial charge in [-0.2, -0.15) is 0 Å². The summed E-state index contributed by atoms with van der Waals surface area (Å²) in [4.78, 5) is 8.99. The molecule has 0 unspecified atom stereocenters. The van der Waals surface area contributed by atoms with Crippen LogP contribution in [0.4, 0.5) is 5.82 Å². The zero-order valence-electron chi connectivity index (χ0n) is 12.0. The summed E-state index contributed by atoms with van der Waals surface area (Å²) in [5.74, 6) is 1.80. The first-order valence-corrected chi connectivity index (χ1v) is 7.88. The van der Waals surface area contributed by atoms with Crippen molar-refractivity contribution in [3.63, 3.8) is 0 Å². The molecule has 3 nitrogen and oxygen atoms in total. The lowest BCUT2D eigenvalue weighted by molar-refractivity contribution is 0.616. The van der Waals surface area contributed by atoms with Gasteiger partial charge in [0.1, 0.15) is 16.8 Å². The fourth-order valence-electron chi connectivity index (χ4n) is 2.63. The minimum Gasteiger partial charge on any atom is -0.367 e. The Morgan fingerprint density at radius 2 is 1.84 bits per heavy atom. The minimum absolute atomic E-state index is 0.543. The van der Waals surface area contributed by atoms with Crippen LogP contribution in [0.3, 0.4) is 0 Å². The smallest absolute Gasteiger partial charge is 0.137 e. The van der Waals surface area contributed by atoms with E-state index in [1.54, 1.807) is 0 Å². The predicted molar refractivity (Wildman–Crippen MR) is 80.9 cm³/mol. The number of hydrogen-bond acceptors (Lipinski definition) is 3. The van der Waals surface area contributed by atoms with E-state index < -0.39 is 0 Å². The molecule has 1 N–H and O–H groups in total. The number of hydrogen-bond donors (Lipinski definition) is 1. The Morgan fingerprint density at radius 1 is 1.16 bits per heavy atom. The van der Waals surface area contributed by atoms with Gasteiger partial charge in [-0.05, 0) is 26.2 Å². The van der Waals surface area contributed by atoms with Gasteiger partial charge in [-0.15, -0.1) is 0 Å². The Morgan fingerprint density at radius 3 is 2.47 bits per heavy atom. The summed E-state index contributed by atoms with van der Waals surface area (Å²) >= 11 is 6.21. The summed E-state index contributed by atoms with van der Waals surface area (Å²) in [6.45, 7) is 4.13. The molecule has 1 saturated carbocycles. The van der Waals surface area contributed by atoms with Crippen LogP contribution in [0.1, 0.15) is 63.3 Å². The molecule has 0 saturated heterocycles. The van der Waals surface area contributed by atoms with Crippen molar-refractivity contribution in [3.8, 4) is 0 Å². The van der Waals surface area contributed by atoms with Crippen LogP contribution in [0.5, 0.6) is 0 Å². The molecule has 0 aromatic carbocycles. The Kier molecular flexibility index (Phi) is 5.44. The highest BCUT2D eigenvalue weighted by Crippen LogP contribution is 2.25. The van der Waals surface area contributed by atoms with Crippen LogP contribution in [0.15, 0.2) is 0 Å². The van der Waals surface area contributed by atoms with Gasteiger partial charge in [0.05, 0.1) is 0 Å². The lowest BCUT2D eigenvalue weighted by Crippen LogP contribution is -2.20. The van der Waals surface area contributed by atoms with Gasteiger partial charge in [-0.3, -0.25) is 0 Å².